The standard InChI is InChI=1S/C11H16OS/c1-3-8-4-5-10(13-8)11(12)9-6-7(9)2/h4-5,7,9,11-12H,3,6H2,1-2H3. The third-order valence-electron chi connectivity index (χ3n) is 2.90. The van der Waals surface area contributed by atoms with Gasteiger partial charge in [-0.1, -0.05) is 13.8 Å². The molecule has 0 amide bonds. The van der Waals surface area contributed by atoms with Crippen molar-refractivity contribution in [3.8, 4) is 0 Å². The first kappa shape index (κ1) is 9.22. The van der Waals surface area contributed by atoms with Crippen LogP contribution in [-0.2, 0) is 6.42 Å². The molecule has 1 nitrogen and oxygen atoms in total. The number of aliphatic hydroxyl groups excluding tert-OH is 1. The van der Waals surface area contributed by atoms with Crippen LogP contribution in [0.3, 0.4) is 0 Å². The van der Waals surface area contributed by atoms with Gasteiger partial charge in [0.2, 0.25) is 0 Å². The van der Waals surface area contributed by atoms with Crippen LogP contribution < -0.4 is 0 Å². The monoisotopic (exact) mass is 196 g/mol. The molecule has 1 fully saturated rings. The zero-order valence-corrected chi connectivity index (χ0v) is 8.97. The topological polar surface area (TPSA) is 20.2 Å². The highest BCUT2D eigenvalue weighted by atomic mass is 32.1. The molecule has 1 aromatic heterocycles. The van der Waals surface area contributed by atoms with Crippen molar-refractivity contribution >= 4 is 11.3 Å². The second-order valence-electron chi connectivity index (χ2n) is 3.98. The van der Waals surface area contributed by atoms with Gasteiger partial charge in [-0.2, -0.15) is 0 Å². The third-order valence-corrected chi connectivity index (χ3v) is 4.20. The highest BCUT2D eigenvalue weighted by molar-refractivity contribution is 7.12. The van der Waals surface area contributed by atoms with Crippen molar-refractivity contribution in [3.63, 3.8) is 0 Å². The van der Waals surface area contributed by atoms with E-state index in [4.69, 9.17) is 0 Å². The molecule has 0 radical (unpaired) electrons. The van der Waals surface area contributed by atoms with E-state index in [-0.39, 0.29) is 6.10 Å². The average Bonchev–Trinajstić information content (AvgIpc) is 2.70. The summed E-state index contributed by atoms with van der Waals surface area (Å²) in [6.45, 7) is 4.37. The first-order valence-corrected chi connectivity index (χ1v) is 5.80. The highest BCUT2D eigenvalue weighted by Crippen LogP contribution is 2.48. The maximum Gasteiger partial charge on any atom is 0.0912 e. The largest absolute Gasteiger partial charge is 0.387 e. The summed E-state index contributed by atoms with van der Waals surface area (Å²) in [5.41, 5.74) is 0. The lowest BCUT2D eigenvalue weighted by Gasteiger charge is -2.05. The molecule has 3 unspecified atom stereocenters. The van der Waals surface area contributed by atoms with E-state index in [1.54, 1.807) is 11.3 Å². The Morgan fingerprint density at radius 3 is 2.77 bits per heavy atom. The van der Waals surface area contributed by atoms with Gasteiger partial charge in [-0.25, -0.2) is 0 Å². The van der Waals surface area contributed by atoms with Crippen LogP contribution >= 0.6 is 11.3 Å². The fraction of sp³-hybridized carbons (Fsp3) is 0.636. The fourth-order valence-corrected chi connectivity index (χ4v) is 2.76. The van der Waals surface area contributed by atoms with E-state index in [1.165, 1.54) is 11.3 Å². The van der Waals surface area contributed by atoms with Crippen molar-refractivity contribution in [1.29, 1.82) is 0 Å². The number of rotatable bonds is 3. The minimum Gasteiger partial charge on any atom is -0.387 e. The number of hydrogen-bond donors (Lipinski definition) is 1. The first-order chi connectivity index (χ1) is 6.22. The number of hydrogen-bond acceptors (Lipinski definition) is 2. The van der Waals surface area contributed by atoms with Gasteiger partial charge in [0.1, 0.15) is 0 Å². The quantitative estimate of drug-likeness (QED) is 0.788. The fourth-order valence-electron chi connectivity index (χ4n) is 1.75. The summed E-state index contributed by atoms with van der Waals surface area (Å²) in [5, 5.41) is 9.95. The molecular formula is C11H16OS. The molecule has 1 aromatic rings. The average molecular weight is 196 g/mol. The zero-order chi connectivity index (χ0) is 9.42. The summed E-state index contributed by atoms with van der Waals surface area (Å²) in [4.78, 5) is 2.54. The Kier molecular flexibility index (Phi) is 2.43. The van der Waals surface area contributed by atoms with Crippen molar-refractivity contribution in [2.75, 3.05) is 0 Å². The summed E-state index contributed by atoms with van der Waals surface area (Å²) in [5.74, 6) is 1.26. The van der Waals surface area contributed by atoms with Crippen molar-refractivity contribution in [1.82, 2.24) is 0 Å². The summed E-state index contributed by atoms with van der Waals surface area (Å²) in [6, 6.07) is 4.22. The van der Waals surface area contributed by atoms with Gasteiger partial charge >= 0.3 is 0 Å². The van der Waals surface area contributed by atoms with Gasteiger partial charge in [-0.15, -0.1) is 11.3 Å². The molecule has 3 atom stereocenters. The van der Waals surface area contributed by atoms with Gasteiger partial charge in [-0.05, 0) is 36.8 Å². The normalized spacial score (nSPS) is 28.8. The summed E-state index contributed by atoms with van der Waals surface area (Å²) in [7, 11) is 0. The molecule has 2 heteroatoms. The molecule has 0 aromatic carbocycles. The zero-order valence-electron chi connectivity index (χ0n) is 8.16. The van der Waals surface area contributed by atoms with Gasteiger partial charge in [0.05, 0.1) is 6.10 Å². The molecule has 1 heterocycles. The first-order valence-electron chi connectivity index (χ1n) is 4.99. The van der Waals surface area contributed by atoms with E-state index >= 15 is 0 Å². The molecule has 0 spiro atoms. The van der Waals surface area contributed by atoms with Gasteiger partial charge < -0.3 is 5.11 Å². The minimum atomic E-state index is -0.194. The smallest absolute Gasteiger partial charge is 0.0912 e. The summed E-state index contributed by atoms with van der Waals surface area (Å²) in [6.07, 6.45) is 2.08. The van der Waals surface area contributed by atoms with E-state index in [0.29, 0.717) is 5.92 Å². The predicted octanol–water partition coefficient (Wildman–Crippen LogP) is 3.00. The Morgan fingerprint density at radius 2 is 2.31 bits per heavy atom. The number of aryl methyl sites for hydroxylation is 1. The maximum atomic E-state index is 9.95. The summed E-state index contributed by atoms with van der Waals surface area (Å²) >= 11 is 1.76. The summed E-state index contributed by atoms with van der Waals surface area (Å²) < 4.78 is 0. The maximum absolute atomic E-state index is 9.95. The number of thiophene rings is 1. The van der Waals surface area contributed by atoms with Crippen molar-refractivity contribution in [2.45, 2.75) is 32.8 Å². The second kappa shape index (κ2) is 3.43. The molecule has 1 aliphatic carbocycles. The van der Waals surface area contributed by atoms with Crippen molar-refractivity contribution in [3.05, 3.63) is 21.9 Å². The van der Waals surface area contributed by atoms with E-state index in [0.717, 1.165) is 17.2 Å². The lowest BCUT2D eigenvalue weighted by atomic mass is 10.1. The molecule has 1 aliphatic rings. The third kappa shape index (κ3) is 1.79. The Morgan fingerprint density at radius 1 is 1.62 bits per heavy atom. The van der Waals surface area contributed by atoms with Crippen LogP contribution in [0, 0.1) is 11.8 Å². The van der Waals surface area contributed by atoms with E-state index in [2.05, 4.69) is 26.0 Å². The van der Waals surface area contributed by atoms with Crippen LogP contribution in [0.25, 0.3) is 0 Å². The van der Waals surface area contributed by atoms with E-state index in [1.807, 2.05) is 0 Å². The van der Waals surface area contributed by atoms with E-state index < -0.39 is 0 Å². The Bertz CT molecular complexity index is 292. The second-order valence-corrected chi connectivity index (χ2v) is 5.18. The van der Waals surface area contributed by atoms with Crippen LogP contribution in [0.15, 0.2) is 12.1 Å². The van der Waals surface area contributed by atoms with Gasteiger partial charge in [-0.3, -0.25) is 0 Å². The van der Waals surface area contributed by atoms with Gasteiger partial charge in [0.15, 0.2) is 0 Å². The lowest BCUT2D eigenvalue weighted by molar-refractivity contribution is 0.152. The molecule has 1 N–H and O–H groups in total. The van der Waals surface area contributed by atoms with E-state index in [9.17, 15) is 5.11 Å². The van der Waals surface area contributed by atoms with Crippen LogP contribution in [0.4, 0.5) is 0 Å². The van der Waals surface area contributed by atoms with Crippen LogP contribution in [-0.4, -0.2) is 5.11 Å². The van der Waals surface area contributed by atoms with Crippen LogP contribution in [0.1, 0.15) is 36.1 Å². The molecule has 72 valence electrons. The van der Waals surface area contributed by atoms with Gasteiger partial charge in [0, 0.05) is 9.75 Å². The molecule has 0 bridgehead atoms. The molecule has 0 saturated heterocycles. The molecule has 1 saturated carbocycles. The predicted molar refractivity (Wildman–Crippen MR) is 55.9 cm³/mol. The Balaban J connectivity index is 2.07. The molecular weight excluding hydrogens is 180 g/mol. The highest BCUT2D eigenvalue weighted by Gasteiger charge is 2.39. The molecule has 2 rings (SSSR count). The minimum absolute atomic E-state index is 0.194. The lowest BCUT2D eigenvalue weighted by Crippen LogP contribution is -1.97. The van der Waals surface area contributed by atoms with Gasteiger partial charge in [0.25, 0.3) is 0 Å². The number of aliphatic hydroxyl groups is 1. The molecule has 13 heavy (non-hydrogen) atoms. The van der Waals surface area contributed by atoms with Crippen molar-refractivity contribution < 1.29 is 5.11 Å². The SMILES string of the molecule is CCc1ccc(C(O)C2CC2C)s1. The van der Waals surface area contributed by atoms with Crippen LogP contribution in [0.2, 0.25) is 0 Å². The van der Waals surface area contributed by atoms with Crippen LogP contribution in [0.5, 0.6) is 0 Å². The Labute approximate surface area is 83.4 Å². The van der Waals surface area contributed by atoms with Crippen molar-refractivity contribution in [2.24, 2.45) is 11.8 Å². The Hall–Kier alpha value is -0.340. The molecule has 0 aliphatic heterocycles.